The number of aromatic nitrogens is 3. The Morgan fingerprint density at radius 1 is 1.33 bits per heavy atom. The SMILES string of the molecule is CNc1nc[nH+]c2c1c(-c1ccc(N)c(O)c1)cn2C1CCCC1. The summed E-state index contributed by atoms with van der Waals surface area (Å²) in [4.78, 5) is 7.74. The predicted octanol–water partition coefficient (Wildman–Crippen LogP) is 2.96. The minimum Gasteiger partial charge on any atom is -0.506 e. The van der Waals surface area contributed by atoms with Crippen LogP contribution in [-0.2, 0) is 0 Å². The van der Waals surface area contributed by atoms with Gasteiger partial charge in [0.25, 0.3) is 0 Å². The summed E-state index contributed by atoms with van der Waals surface area (Å²) in [5.74, 6) is 0.931. The van der Waals surface area contributed by atoms with Crippen molar-refractivity contribution in [2.24, 2.45) is 0 Å². The molecule has 2 heterocycles. The molecule has 0 unspecified atom stereocenters. The number of H-pyrrole nitrogens is 1. The van der Waals surface area contributed by atoms with E-state index in [9.17, 15) is 5.11 Å². The highest BCUT2D eigenvalue weighted by atomic mass is 16.3. The molecule has 0 saturated heterocycles. The van der Waals surface area contributed by atoms with E-state index in [1.165, 1.54) is 25.7 Å². The summed E-state index contributed by atoms with van der Waals surface area (Å²) < 4.78 is 2.33. The van der Waals surface area contributed by atoms with Gasteiger partial charge in [-0.05, 0) is 43.4 Å². The molecule has 0 radical (unpaired) electrons. The monoisotopic (exact) mass is 324 g/mol. The average molecular weight is 324 g/mol. The van der Waals surface area contributed by atoms with Crippen molar-refractivity contribution in [2.75, 3.05) is 18.1 Å². The topological polar surface area (TPSA) is 90.2 Å². The minimum absolute atomic E-state index is 0.105. The highest BCUT2D eigenvalue weighted by Gasteiger charge is 2.27. The van der Waals surface area contributed by atoms with Crippen molar-refractivity contribution in [1.82, 2.24) is 9.55 Å². The number of hydrogen-bond donors (Lipinski definition) is 3. The van der Waals surface area contributed by atoms with E-state index in [-0.39, 0.29) is 5.75 Å². The molecular weight excluding hydrogens is 302 g/mol. The number of nitrogens with two attached hydrogens (primary N) is 1. The fourth-order valence-electron chi connectivity index (χ4n) is 3.72. The number of rotatable bonds is 3. The summed E-state index contributed by atoms with van der Waals surface area (Å²) in [6.07, 6.45) is 8.83. The largest absolute Gasteiger partial charge is 0.506 e. The van der Waals surface area contributed by atoms with Crippen LogP contribution in [-0.4, -0.2) is 21.7 Å². The number of anilines is 2. The van der Waals surface area contributed by atoms with Gasteiger partial charge in [0.05, 0.1) is 17.9 Å². The van der Waals surface area contributed by atoms with Crippen molar-refractivity contribution in [3.8, 4) is 16.9 Å². The molecule has 3 aromatic rings. The van der Waals surface area contributed by atoms with E-state index in [1.54, 1.807) is 18.5 Å². The first-order valence-electron chi connectivity index (χ1n) is 8.37. The molecule has 1 aliphatic carbocycles. The number of hydrogen-bond acceptors (Lipinski definition) is 4. The number of phenols is 1. The summed E-state index contributed by atoms with van der Waals surface area (Å²) in [6.45, 7) is 0. The molecule has 0 amide bonds. The molecule has 0 spiro atoms. The lowest BCUT2D eigenvalue weighted by Crippen LogP contribution is -2.13. The van der Waals surface area contributed by atoms with E-state index >= 15 is 0 Å². The van der Waals surface area contributed by atoms with Crippen LogP contribution >= 0.6 is 0 Å². The molecule has 1 fully saturated rings. The smallest absolute Gasteiger partial charge is 0.239 e. The number of fused-ring (bicyclic) bond motifs is 1. The zero-order chi connectivity index (χ0) is 16.7. The number of nitrogens with zero attached hydrogens (tertiary/aromatic N) is 2. The van der Waals surface area contributed by atoms with Crippen LogP contribution in [0.15, 0.2) is 30.7 Å². The van der Waals surface area contributed by atoms with Crippen LogP contribution in [0.25, 0.3) is 22.2 Å². The number of aromatic amines is 1. The van der Waals surface area contributed by atoms with Gasteiger partial charge in [0, 0.05) is 12.6 Å². The van der Waals surface area contributed by atoms with Gasteiger partial charge in [0.15, 0.2) is 0 Å². The van der Waals surface area contributed by atoms with Gasteiger partial charge in [-0.15, -0.1) is 0 Å². The van der Waals surface area contributed by atoms with Crippen LogP contribution in [0.2, 0.25) is 0 Å². The van der Waals surface area contributed by atoms with Crippen LogP contribution in [0, 0.1) is 0 Å². The molecular formula is C18H22N5O+. The number of nitrogen functional groups attached to an aromatic ring is 1. The van der Waals surface area contributed by atoms with Gasteiger partial charge in [-0.25, -0.2) is 4.98 Å². The Kier molecular flexibility index (Phi) is 3.52. The quantitative estimate of drug-likeness (QED) is 0.510. The van der Waals surface area contributed by atoms with E-state index in [0.29, 0.717) is 11.7 Å². The fourth-order valence-corrected chi connectivity index (χ4v) is 3.72. The summed E-state index contributed by atoms with van der Waals surface area (Å²) in [5.41, 5.74) is 9.18. The minimum atomic E-state index is 0.105. The molecule has 0 aliphatic heterocycles. The van der Waals surface area contributed by atoms with Crippen LogP contribution in [0.4, 0.5) is 11.5 Å². The van der Waals surface area contributed by atoms with E-state index in [2.05, 4.69) is 26.0 Å². The standard InChI is InChI=1S/C18H21N5O/c1-20-17-16-13(11-6-7-14(19)15(24)8-11)9-23(12-4-2-3-5-12)18(16)22-10-21-17/h6-10,12,24H,2-5,19H2,1H3,(H,20,21,22)/p+1. The van der Waals surface area contributed by atoms with Crippen LogP contribution in [0.3, 0.4) is 0 Å². The van der Waals surface area contributed by atoms with Crippen molar-refractivity contribution >= 4 is 22.5 Å². The fraction of sp³-hybridized carbons (Fsp3) is 0.333. The molecule has 1 aromatic carbocycles. The maximum absolute atomic E-state index is 10.0. The second-order valence-corrected chi connectivity index (χ2v) is 6.39. The van der Waals surface area contributed by atoms with Crippen LogP contribution < -0.4 is 16.0 Å². The van der Waals surface area contributed by atoms with Gasteiger partial charge >= 0.3 is 0 Å². The molecule has 5 N–H and O–H groups in total. The number of phenolic OH excluding ortho intramolecular Hbond substituents is 1. The first-order valence-corrected chi connectivity index (χ1v) is 8.37. The maximum atomic E-state index is 10.0. The van der Waals surface area contributed by atoms with Crippen molar-refractivity contribution in [1.29, 1.82) is 0 Å². The Hall–Kier alpha value is -2.76. The lowest BCUT2D eigenvalue weighted by atomic mass is 10.1. The molecule has 124 valence electrons. The van der Waals surface area contributed by atoms with Gasteiger partial charge in [0.1, 0.15) is 11.1 Å². The van der Waals surface area contributed by atoms with Crippen LogP contribution in [0.1, 0.15) is 31.7 Å². The van der Waals surface area contributed by atoms with Gasteiger partial charge in [-0.3, -0.25) is 4.57 Å². The number of nitrogens with one attached hydrogen (secondary N) is 2. The average Bonchev–Trinajstić information content (AvgIpc) is 3.24. The lowest BCUT2D eigenvalue weighted by Gasteiger charge is -2.07. The van der Waals surface area contributed by atoms with Gasteiger partial charge in [0.2, 0.25) is 17.8 Å². The van der Waals surface area contributed by atoms with Crippen molar-refractivity contribution in [3.05, 3.63) is 30.7 Å². The molecule has 1 aliphatic rings. The Morgan fingerprint density at radius 3 is 2.83 bits per heavy atom. The maximum Gasteiger partial charge on any atom is 0.239 e. The molecule has 6 heteroatoms. The third kappa shape index (κ3) is 2.26. The van der Waals surface area contributed by atoms with Crippen LogP contribution in [0.5, 0.6) is 5.75 Å². The Balaban J connectivity index is 1.98. The van der Waals surface area contributed by atoms with Gasteiger partial charge < -0.3 is 16.2 Å². The summed E-state index contributed by atoms with van der Waals surface area (Å²) >= 11 is 0. The first-order chi connectivity index (χ1) is 11.7. The Morgan fingerprint density at radius 2 is 2.12 bits per heavy atom. The third-order valence-electron chi connectivity index (χ3n) is 4.96. The van der Waals surface area contributed by atoms with E-state index in [1.807, 2.05) is 13.1 Å². The second kappa shape index (κ2) is 5.70. The Bertz CT molecular complexity index is 896. The first kappa shape index (κ1) is 14.8. The molecule has 24 heavy (non-hydrogen) atoms. The van der Waals surface area contributed by atoms with Gasteiger partial charge in [-0.1, -0.05) is 11.1 Å². The number of benzene rings is 1. The highest BCUT2D eigenvalue weighted by molar-refractivity contribution is 6.00. The van der Waals surface area contributed by atoms with E-state index < -0.39 is 0 Å². The van der Waals surface area contributed by atoms with Crippen molar-refractivity contribution in [3.63, 3.8) is 0 Å². The number of aromatic hydroxyl groups is 1. The molecule has 0 atom stereocenters. The Labute approximate surface area is 140 Å². The summed E-state index contributed by atoms with van der Waals surface area (Å²) in [6, 6.07) is 5.90. The molecule has 4 rings (SSSR count). The molecule has 2 aromatic heterocycles. The molecule has 1 saturated carbocycles. The summed E-state index contributed by atoms with van der Waals surface area (Å²) in [5, 5.41) is 14.2. The second-order valence-electron chi connectivity index (χ2n) is 6.39. The zero-order valence-electron chi connectivity index (χ0n) is 13.7. The van der Waals surface area contributed by atoms with Gasteiger partial charge in [-0.2, -0.15) is 0 Å². The normalized spacial score (nSPS) is 15.2. The molecule has 6 nitrogen and oxygen atoms in total. The predicted molar refractivity (Wildman–Crippen MR) is 94.9 cm³/mol. The van der Waals surface area contributed by atoms with E-state index in [0.717, 1.165) is 28.0 Å². The third-order valence-corrected chi connectivity index (χ3v) is 4.96. The van der Waals surface area contributed by atoms with E-state index in [4.69, 9.17) is 5.73 Å². The molecule has 0 bridgehead atoms. The lowest BCUT2D eigenvalue weighted by molar-refractivity contribution is -0.354. The zero-order valence-corrected chi connectivity index (χ0v) is 13.7. The highest BCUT2D eigenvalue weighted by Crippen LogP contribution is 2.39. The summed E-state index contributed by atoms with van der Waals surface area (Å²) in [7, 11) is 1.87. The van der Waals surface area contributed by atoms with Crippen molar-refractivity contribution < 1.29 is 10.1 Å². The van der Waals surface area contributed by atoms with Crippen molar-refractivity contribution in [2.45, 2.75) is 31.7 Å².